The highest BCUT2D eigenvalue weighted by molar-refractivity contribution is 4.96. The molecular weight excluding hydrogens is 186 g/mol. The first kappa shape index (κ1) is 10.1. The molecule has 2 heteroatoms. The number of hydrogen-bond donors (Lipinski definition) is 0. The van der Waals surface area contributed by atoms with E-state index in [4.69, 9.17) is 4.74 Å². The maximum absolute atomic E-state index is 5.81. The molecule has 0 amide bonds. The van der Waals surface area contributed by atoms with Crippen molar-refractivity contribution in [3.05, 3.63) is 0 Å². The van der Waals surface area contributed by atoms with E-state index in [-0.39, 0.29) is 0 Å². The molecule has 3 aliphatic rings. The van der Waals surface area contributed by atoms with Gasteiger partial charge in [-0.2, -0.15) is 0 Å². The van der Waals surface area contributed by atoms with Crippen molar-refractivity contribution in [3.8, 4) is 0 Å². The molecular formula is C13H23NO. The molecule has 0 aromatic carbocycles. The predicted octanol–water partition coefficient (Wildman–Crippen LogP) is 2.28. The van der Waals surface area contributed by atoms with Gasteiger partial charge in [0, 0.05) is 19.1 Å². The van der Waals surface area contributed by atoms with Crippen molar-refractivity contribution in [2.24, 2.45) is 11.8 Å². The number of rotatable bonds is 1. The van der Waals surface area contributed by atoms with Gasteiger partial charge < -0.3 is 4.74 Å². The molecule has 0 aromatic heterocycles. The molecule has 15 heavy (non-hydrogen) atoms. The summed E-state index contributed by atoms with van der Waals surface area (Å²) in [6.07, 6.45) is 6.88. The van der Waals surface area contributed by atoms with Crippen LogP contribution in [0.3, 0.4) is 0 Å². The lowest BCUT2D eigenvalue weighted by Crippen LogP contribution is -2.51. The molecule has 2 nitrogen and oxygen atoms in total. The molecule has 2 aliphatic carbocycles. The number of fused-ring (bicyclic) bond motifs is 2. The van der Waals surface area contributed by atoms with Crippen molar-refractivity contribution in [1.29, 1.82) is 0 Å². The van der Waals surface area contributed by atoms with Crippen molar-refractivity contribution in [2.45, 2.75) is 57.8 Å². The first-order valence-corrected chi connectivity index (χ1v) is 6.62. The third kappa shape index (κ3) is 1.83. The van der Waals surface area contributed by atoms with Crippen molar-refractivity contribution in [1.82, 2.24) is 4.90 Å². The lowest BCUT2D eigenvalue weighted by molar-refractivity contribution is -0.0862. The summed E-state index contributed by atoms with van der Waals surface area (Å²) in [5.74, 6) is 2.08. The minimum absolute atomic E-state index is 0.438. The molecule has 0 unspecified atom stereocenters. The summed E-state index contributed by atoms with van der Waals surface area (Å²) in [7, 11) is 0. The van der Waals surface area contributed by atoms with Crippen molar-refractivity contribution in [2.75, 3.05) is 13.1 Å². The van der Waals surface area contributed by atoms with Gasteiger partial charge >= 0.3 is 0 Å². The monoisotopic (exact) mass is 209 g/mol. The largest absolute Gasteiger partial charge is 0.373 e. The first-order valence-electron chi connectivity index (χ1n) is 6.62. The Bertz CT molecular complexity index is 233. The molecule has 0 radical (unpaired) electrons. The fraction of sp³-hybridized carbons (Fsp3) is 1.00. The molecule has 3 rings (SSSR count). The second kappa shape index (κ2) is 3.74. The zero-order valence-corrected chi connectivity index (χ0v) is 9.98. The van der Waals surface area contributed by atoms with E-state index in [1.54, 1.807) is 0 Å². The Kier molecular flexibility index (Phi) is 2.52. The maximum atomic E-state index is 5.81. The number of nitrogens with zero attached hydrogens (tertiary/aromatic N) is 1. The van der Waals surface area contributed by atoms with Gasteiger partial charge in [0.2, 0.25) is 0 Å². The van der Waals surface area contributed by atoms with Crippen molar-refractivity contribution >= 4 is 0 Å². The van der Waals surface area contributed by atoms with Gasteiger partial charge in [0.25, 0.3) is 0 Å². The summed E-state index contributed by atoms with van der Waals surface area (Å²) in [6, 6.07) is 0.901. The van der Waals surface area contributed by atoms with E-state index in [0.29, 0.717) is 12.2 Å². The number of morpholine rings is 1. The molecule has 0 spiro atoms. The van der Waals surface area contributed by atoms with Crippen LogP contribution in [0.2, 0.25) is 0 Å². The van der Waals surface area contributed by atoms with E-state index in [0.717, 1.165) is 31.0 Å². The fourth-order valence-corrected chi connectivity index (χ4v) is 4.15. The molecule has 2 saturated carbocycles. The molecule has 2 bridgehead atoms. The van der Waals surface area contributed by atoms with Gasteiger partial charge in [-0.05, 0) is 44.9 Å². The van der Waals surface area contributed by atoms with Crippen LogP contribution >= 0.6 is 0 Å². The van der Waals surface area contributed by atoms with Crippen LogP contribution in [0.5, 0.6) is 0 Å². The van der Waals surface area contributed by atoms with E-state index >= 15 is 0 Å². The molecule has 86 valence electrons. The highest BCUT2D eigenvalue weighted by Gasteiger charge is 2.43. The number of ether oxygens (including phenoxy) is 1. The summed E-state index contributed by atoms with van der Waals surface area (Å²) in [5, 5.41) is 0. The van der Waals surface area contributed by atoms with Crippen molar-refractivity contribution in [3.63, 3.8) is 0 Å². The molecule has 1 saturated heterocycles. The Morgan fingerprint density at radius 2 is 1.73 bits per heavy atom. The zero-order chi connectivity index (χ0) is 10.4. The average Bonchev–Trinajstić information content (AvgIpc) is 2.76. The zero-order valence-electron chi connectivity index (χ0n) is 9.98. The highest BCUT2D eigenvalue weighted by Crippen LogP contribution is 2.47. The van der Waals surface area contributed by atoms with Gasteiger partial charge in [-0.3, -0.25) is 4.90 Å². The van der Waals surface area contributed by atoms with Gasteiger partial charge in [-0.25, -0.2) is 0 Å². The smallest absolute Gasteiger partial charge is 0.0678 e. The van der Waals surface area contributed by atoms with Crippen LogP contribution in [-0.2, 0) is 4.74 Å². The minimum Gasteiger partial charge on any atom is -0.373 e. The van der Waals surface area contributed by atoms with Gasteiger partial charge in [0.05, 0.1) is 12.2 Å². The third-order valence-electron chi connectivity index (χ3n) is 4.62. The lowest BCUT2D eigenvalue weighted by atomic mass is 9.93. The van der Waals surface area contributed by atoms with Crippen molar-refractivity contribution < 1.29 is 4.74 Å². The van der Waals surface area contributed by atoms with E-state index in [2.05, 4.69) is 18.7 Å². The molecule has 1 aliphatic heterocycles. The molecule has 1 heterocycles. The fourth-order valence-electron chi connectivity index (χ4n) is 4.15. The Morgan fingerprint density at radius 3 is 2.27 bits per heavy atom. The standard InChI is InChI=1S/C13H23NO/c1-9-7-14(8-10(2)15-9)13-6-11-3-4-12(13)5-11/h9-13H,3-8H2,1-2H3/t9-,10-,11+,12+,13+/m1/s1. The predicted molar refractivity (Wildman–Crippen MR) is 60.8 cm³/mol. The quantitative estimate of drug-likeness (QED) is 0.657. The average molecular weight is 209 g/mol. The topological polar surface area (TPSA) is 12.5 Å². The lowest BCUT2D eigenvalue weighted by Gasteiger charge is -2.41. The van der Waals surface area contributed by atoms with Crippen LogP contribution < -0.4 is 0 Å². The van der Waals surface area contributed by atoms with Crippen LogP contribution in [0, 0.1) is 11.8 Å². The Labute approximate surface area is 93.0 Å². The van der Waals surface area contributed by atoms with E-state index in [1.807, 2.05) is 0 Å². The Balaban J connectivity index is 1.66. The molecule has 3 fully saturated rings. The van der Waals surface area contributed by atoms with Crippen LogP contribution in [0.1, 0.15) is 39.5 Å². The normalized spacial score (nSPS) is 51.2. The summed E-state index contributed by atoms with van der Waals surface area (Å²) in [5.41, 5.74) is 0. The molecule has 5 atom stereocenters. The summed E-state index contributed by atoms with van der Waals surface area (Å²) < 4.78 is 5.81. The third-order valence-corrected chi connectivity index (χ3v) is 4.62. The van der Waals surface area contributed by atoms with Crippen LogP contribution in [-0.4, -0.2) is 36.2 Å². The van der Waals surface area contributed by atoms with Gasteiger partial charge in [0.1, 0.15) is 0 Å². The summed E-state index contributed by atoms with van der Waals surface area (Å²) in [4.78, 5) is 2.72. The van der Waals surface area contributed by atoms with E-state index in [1.165, 1.54) is 25.7 Å². The SMILES string of the molecule is C[C@@H]1CN([C@H]2C[C@H]3CC[C@H]2C3)C[C@@H](C)O1. The van der Waals surface area contributed by atoms with Gasteiger partial charge in [-0.1, -0.05) is 6.42 Å². The second-order valence-corrected chi connectivity index (χ2v) is 5.95. The number of hydrogen-bond acceptors (Lipinski definition) is 2. The van der Waals surface area contributed by atoms with E-state index in [9.17, 15) is 0 Å². The van der Waals surface area contributed by atoms with Crippen LogP contribution in [0.25, 0.3) is 0 Å². The first-order chi connectivity index (χ1) is 7.22. The van der Waals surface area contributed by atoms with Gasteiger partial charge in [0.15, 0.2) is 0 Å². The highest BCUT2D eigenvalue weighted by atomic mass is 16.5. The van der Waals surface area contributed by atoms with Crippen LogP contribution in [0.15, 0.2) is 0 Å². The summed E-state index contributed by atoms with van der Waals surface area (Å²) >= 11 is 0. The van der Waals surface area contributed by atoms with Crippen LogP contribution in [0.4, 0.5) is 0 Å². The molecule has 0 aromatic rings. The van der Waals surface area contributed by atoms with Gasteiger partial charge in [-0.15, -0.1) is 0 Å². The Morgan fingerprint density at radius 1 is 1.00 bits per heavy atom. The second-order valence-electron chi connectivity index (χ2n) is 5.95. The summed E-state index contributed by atoms with van der Waals surface area (Å²) in [6.45, 7) is 6.77. The van der Waals surface area contributed by atoms with E-state index < -0.39 is 0 Å². The Hall–Kier alpha value is -0.0800. The minimum atomic E-state index is 0.438. The molecule has 0 N–H and O–H groups in total. The maximum Gasteiger partial charge on any atom is 0.0678 e.